The normalized spacial score (nSPS) is 11.0. The van der Waals surface area contributed by atoms with E-state index in [0.29, 0.717) is 17.4 Å². The molecule has 5 nitrogen and oxygen atoms in total. The molecule has 0 aliphatic heterocycles. The fraction of sp³-hybridized carbons (Fsp3) is 0.0400. The first-order valence-corrected chi connectivity index (χ1v) is 9.99. The van der Waals surface area contributed by atoms with Crippen molar-refractivity contribution in [3.8, 4) is 11.5 Å². The van der Waals surface area contributed by atoms with Crippen molar-refractivity contribution in [2.45, 2.75) is 6.61 Å². The molecule has 0 aromatic heterocycles. The number of carbonyl (C=O) groups is 1. The number of aromatic hydroxyl groups is 1. The fourth-order valence-corrected chi connectivity index (χ4v) is 3.25. The predicted molar refractivity (Wildman–Crippen MR) is 123 cm³/mol. The Morgan fingerprint density at radius 1 is 0.968 bits per heavy atom. The number of fused-ring (bicyclic) bond motifs is 1. The third kappa shape index (κ3) is 5.02. The first-order valence-electron chi connectivity index (χ1n) is 9.61. The Bertz CT molecular complexity index is 1250. The molecule has 0 saturated carbocycles. The monoisotopic (exact) mass is 430 g/mol. The number of hydrogen-bond acceptors (Lipinski definition) is 4. The minimum absolute atomic E-state index is 0.0913. The summed E-state index contributed by atoms with van der Waals surface area (Å²) in [5, 5.41) is 16.5. The quantitative estimate of drug-likeness (QED) is 0.311. The molecule has 0 atom stereocenters. The van der Waals surface area contributed by atoms with Crippen molar-refractivity contribution in [1.82, 2.24) is 5.43 Å². The summed E-state index contributed by atoms with van der Waals surface area (Å²) in [6, 6.07) is 25.5. The Morgan fingerprint density at radius 3 is 2.39 bits per heavy atom. The number of hydrazone groups is 1. The van der Waals surface area contributed by atoms with Crippen molar-refractivity contribution in [2.75, 3.05) is 0 Å². The van der Waals surface area contributed by atoms with Crippen LogP contribution in [0.4, 0.5) is 0 Å². The van der Waals surface area contributed by atoms with Crippen LogP contribution in [0.1, 0.15) is 21.5 Å². The number of carbonyl (C=O) groups excluding carboxylic acids is 1. The molecule has 0 aliphatic rings. The zero-order chi connectivity index (χ0) is 21.6. The Morgan fingerprint density at radius 2 is 1.65 bits per heavy atom. The highest BCUT2D eigenvalue weighted by molar-refractivity contribution is 6.31. The zero-order valence-corrected chi connectivity index (χ0v) is 17.2. The van der Waals surface area contributed by atoms with Crippen molar-refractivity contribution in [3.05, 3.63) is 107 Å². The summed E-state index contributed by atoms with van der Waals surface area (Å²) in [6.45, 7) is 0.373. The second-order valence-electron chi connectivity index (χ2n) is 6.86. The highest BCUT2D eigenvalue weighted by atomic mass is 35.5. The van der Waals surface area contributed by atoms with Crippen LogP contribution >= 0.6 is 11.6 Å². The van der Waals surface area contributed by atoms with Crippen LogP contribution in [0, 0.1) is 0 Å². The van der Waals surface area contributed by atoms with Gasteiger partial charge in [0.25, 0.3) is 5.91 Å². The van der Waals surface area contributed by atoms with Gasteiger partial charge in [-0.15, -0.1) is 0 Å². The number of phenols is 1. The summed E-state index contributed by atoms with van der Waals surface area (Å²) < 4.78 is 5.75. The first-order chi connectivity index (χ1) is 15.1. The third-order valence-corrected chi connectivity index (χ3v) is 5.09. The maximum Gasteiger partial charge on any atom is 0.275 e. The smallest absolute Gasteiger partial charge is 0.275 e. The van der Waals surface area contributed by atoms with Crippen molar-refractivity contribution in [3.63, 3.8) is 0 Å². The average Bonchev–Trinajstić information content (AvgIpc) is 2.79. The fourth-order valence-electron chi connectivity index (χ4n) is 3.06. The van der Waals surface area contributed by atoms with Gasteiger partial charge in [0.1, 0.15) is 18.1 Å². The maximum absolute atomic E-state index is 12.4. The Labute approximate surface area is 184 Å². The molecule has 2 N–H and O–H groups in total. The van der Waals surface area contributed by atoms with Crippen LogP contribution in [0.3, 0.4) is 0 Å². The molecule has 0 unspecified atom stereocenters. The number of rotatable bonds is 6. The van der Waals surface area contributed by atoms with E-state index in [0.717, 1.165) is 21.9 Å². The van der Waals surface area contributed by atoms with Crippen LogP contribution in [-0.2, 0) is 6.61 Å². The first kappa shape index (κ1) is 20.4. The third-order valence-electron chi connectivity index (χ3n) is 4.72. The number of amides is 1. The van der Waals surface area contributed by atoms with E-state index < -0.39 is 5.91 Å². The van der Waals surface area contributed by atoms with Gasteiger partial charge in [-0.1, -0.05) is 54.1 Å². The van der Waals surface area contributed by atoms with Gasteiger partial charge in [-0.05, 0) is 58.8 Å². The van der Waals surface area contributed by atoms with Crippen LogP contribution in [0.2, 0.25) is 5.02 Å². The number of benzene rings is 4. The van der Waals surface area contributed by atoms with Gasteiger partial charge in [-0.2, -0.15) is 5.10 Å². The lowest BCUT2D eigenvalue weighted by Gasteiger charge is -2.08. The number of halogens is 1. The molecule has 0 heterocycles. The van der Waals surface area contributed by atoms with E-state index in [1.54, 1.807) is 12.1 Å². The van der Waals surface area contributed by atoms with Crippen LogP contribution in [-0.4, -0.2) is 17.2 Å². The van der Waals surface area contributed by atoms with E-state index in [1.807, 2.05) is 72.8 Å². The summed E-state index contributed by atoms with van der Waals surface area (Å²) in [5.74, 6) is 0.118. The van der Waals surface area contributed by atoms with Crippen molar-refractivity contribution in [1.29, 1.82) is 0 Å². The second kappa shape index (κ2) is 9.32. The molecule has 6 heteroatoms. The lowest BCUT2D eigenvalue weighted by Crippen LogP contribution is -2.17. The highest BCUT2D eigenvalue weighted by Crippen LogP contribution is 2.25. The van der Waals surface area contributed by atoms with Gasteiger partial charge in [0.05, 0.1) is 11.8 Å². The molecule has 0 fully saturated rings. The van der Waals surface area contributed by atoms with E-state index in [2.05, 4.69) is 10.5 Å². The Kier molecular flexibility index (Phi) is 6.15. The number of ether oxygens (including phenoxy) is 1. The van der Waals surface area contributed by atoms with E-state index in [-0.39, 0.29) is 11.3 Å². The van der Waals surface area contributed by atoms with Crippen LogP contribution in [0.25, 0.3) is 10.8 Å². The average molecular weight is 431 g/mol. The molecular formula is C25H19ClN2O3. The van der Waals surface area contributed by atoms with Crippen molar-refractivity contribution >= 4 is 34.5 Å². The molecular weight excluding hydrogens is 412 g/mol. The summed E-state index contributed by atoms with van der Waals surface area (Å²) in [4.78, 5) is 12.4. The molecule has 0 aliphatic carbocycles. The van der Waals surface area contributed by atoms with Crippen LogP contribution in [0.5, 0.6) is 11.5 Å². The zero-order valence-electron chi connectivity index (χ0n) is 16.5. The molecule has 0 radical (unpaired) electrons. The number of phenolic OH excluding ortho intramolecular Hbond substituents is 1. The van der Waals surface area contributed by atoms with Gasteiger partial charge in [-0.25, -0.2) is 5.43 Å². The molecule has 4 aromatic rings. The van der Waals surface area contributed by atoms with Gasteiger partial charge >= 0.3 is 0 Å². The van der Waals surface area contributed by atoms with Gasteiger partial charge in [0.15, 0.2) is 0 Å². The Balaban J connectivity index is 1.36. The summed E-state index contributed by atoms with van der Waals surface area (Å²) >= 11 is 6.13. The lowest BCUT2D eigenvalue weighted by molar-refractivity contribution is 0.0952. The highest BCUT2D eigenvalue weighted by Gasteiger charge is 2.11. The van der Waals surface area contributed by atoms with Crippen LogP contribution in [0.15, 0.2) is 90.0 Å². The molecule has 31 heavy (non-hydrogen) atoms. The second-order valence-corrected chi connectivity index (χ2v) is 7.27. The van der Waals surface area contributed by atoms with Crippen molar-refractivity contribution in [2.24, 2.45) is 5.10 Å². The largest absolute Gasteiger partial charge is 0.507 e. The molecule has 0 bridgehead atoms. The predicted octanol–water partition coefficient (Wildman–Crippen LogP) is 5.54. The lowest BCUT2D eigenvalue weighted by atomic mass is 10.1. The topological polar surface area (TPSA) is 70.9 Å². The minimum Gasteiger partial charge on any atom is -0.507 e. The standard InChI is InChI=1S/C25H19ClN2O3/c26-23-8-4-3-7-20(23)16-31-21-11-9-17(10-12-21)15-27-28-25(30)22-13-18-5-1-2-6-19(18)14-24(22)29/h1-15,29H,16H2,(H,28,30)/b27-15+. The SMILES string of the molecule is O=C(N/N=C/c1ccc(OCc2ccccc2Cl)cc1)c1cc2ccccc2cc1O. The van der Waals surface area contributed by atoms with E-state index >= 15 is 0 Å². The maximum atomic E-state index is 12.4. The molecule has 0 spiro atoms. The Hall–Kier alpha value is -3.83. The molecule has 154 valence electrons. The number of nitrogens with zero attached hydrogens (tertiary/aromatic N) is 1. The van der Waals surface area contributed by atoms with Gasteiger partial charge < -0.3 is 9.84 Å². The van der Waals surface area contributed by atoms with E-state index in [4.69, 9.17) is 16.3 Å². The molecule has 4 rings (SSSR count). The number of nitrogens with one attached hydrogen (secondary N) is 1. The van der Waals surface area contributed by atoms with Crippen LogP contribution < -0.4 is 10.2 Å². The van der Waals surface area contributed by atoms with E-state index in [9.17, 15) is 9.90 Å². The summed E-state index contributed by atoms with van der Waals surface area (Å²) in [7, 11) is 0. The van der Waals surface area contributed by atoms with Gasteiger partial charge in [-0.3, -0.25) is 4.79 Å². The van der Waals surface area contributed by atoms with Gasteiger partial charge in [0, 0.05) is 10.6 Å². The minimum atomic E-state index is -0.487. The summed E-state index contributed by atoms with van der Waals surface area (Å²) in [6.07, 6.45) is 1.52. The molecule has 0 saturated heterocycles. The van der Waals surface area contributed by atoms with Crippen molar-refractivity contribution < 1.29 is 14.6 Å². The van der Waals surface area contributed by atoms with E-state index in [1.165, 1.54) is 6.21 Å². The number of hydrogen-bond donors (Lipinski definition) is 2. The molecule has 4 aromatic carbocycles. The van der Waals surface area contributed by atoms with Gasteiger partial charge in [0.2, 0.25) is 0 Å². The molecule has 1 amide bonds. The summed E-state index contributed by atoms with van der Waals surface area (Å²) in [5.41, 5.74) is 4.31.